The van der Waals surface area contributed by atoms with Gasteiger partial charge in [-0.1, -0.05) is 0 Å². The number of amides is 1. The molecule has 1 amide bonds. The molecule has 1 aliphatic rings. The van der Waals surface area contributed by atoms with Crippen molar-refractivity contribution < 1.29 is 9.53 Å². The minimum absolute atomic E-state index is 0.127. The smallest absolute Gasteiger partial charge is 0.253 e. The number of carbonyl (C=O) groups is 1. The molecule has 4 nitrogen and oxygen atoms in total. The lowest BCUT2D eigenvalue weighted by atomic mass is 10.1. The third-order valence-electron chi connectivity index (χ3n) is 3.78. The molecule has 1 fully saturated rings. The van der Waals surface area contributed by atoms with Crippen LogP contribution in [0.2, 0.25) is 0 Å². The van der Waals surface area contributed by atoms with Crippen molar-refractivity contribution >= 4 is 16.8 Å². The van der Waals surface area contributed by atoms with Gasteiger partial charge in [-0.25, -0.2) is 0 Å². The van der Waals surface area contributed by atoms with Crippen LogP contribution in [0.25, 0.3) is 10.9 Å². The number of aromatic amines is 1. The zero-order chi connectivity index (χ0) is 13.2. The monoisotopic (exact) mass is 258 g/mol. The van der Waals surface area contributed by atoms with Gasteiger partial charge in [0.25, 0.3) is 5.91 Å². The molecular weight excluding hydrogens is 240 g/mol. The third kappa shape index (κ3) is 2.36. The van der Waals surface area contributed by atoms with E-state index >= 15 is 0 Å². The van der Waals surface area contributed by atoms with Crippen LogP contribution in [-0.4, -0.2) is 42.6 Å². The first-order valence-electron chi connectivity index (χ1n) is 6.63. The van der Waals surface area contributed by atoms with Crippen molar-refractivity contribution in [1.82, 2.24) is 9.88 Å². The van der Waals surface area contributed by atoms with E-state index in [-0.39, 0.29) is 5.91 Å². The van der Waals surface area contributed by atoms with E-state index < -0.39 is 0 Å². The largest absolute Gasteiger partial charge is 0.384 e. The first-order valence-corrected chi connectivity index (χ1v) is 6.63. The summed E-state index contributed by atoms with van der Waals surface area (Å²) in [4.78, 5) is 17.5. The highest BCUT2D eigenvalue weighted by molar-refractivity contribution is 5.98. The Kier molecular flexibility index (Phi) is 3.25. The summed E-state index contributed by atoms with van der Waals surface area (Å²) in [5, 5.41) is 1.08. The van der Waals surface area contributed by atoms with Crippen LogP contribution in [0, 0.1) is 5.92 Å². The molecule has 1 aromatic heterocycles. The van der Waals surface area contributed by atoms with Gasteiger partial charge in [-0.3, -0.25) is 4.79 Å². The Morgan fingerprint density at radius 1 is 1.47 bits per heavy atom. The van der Waals surface area contributed by atoms with Crippen LogP contribution >= 0.6 is 0 Å². The first kappa shape index (κ1) is 12.2. The number of nitrogens with one attached hydrogen (secondary N) is 1. The van der Waals surface area contributed by atoms with E-state index in [2.05, 4.69) is 4.98 Å². The summed E-state index contributed by atoms with van der Waals surface area (Å²) in [6, 6.07) is 7.80. The lowest BCUT2D eigenvalue weighted by Crippen LogP contribution is -2.29. The SMILES string of the molecule is COCC1CCN(C(=O)c2ccc3[nH]ccc3c2)C1. The van der Waals surface area contributed by atoms with Crippen LogP contribution in [0.1, 0.15) is 16.8 Å². The highest BCUT2D eigenvalue weighted by Gasteiger charge is 2.26. The Bertz CT molecular complexity index is 591. The van der Waals surface area contributed by atoms with Gasteiger partial charge in [-0.05, 0) is 30.7 Å². The molecule has 1 aliphatic heterocycles. The molecule has 3 rings (SSSR count). The lowest BCUT2D eigenvalue weighted by Gasteiger charge is -2.16. The number of likely N-dealkylation sites (tertiary alicyclic amines) is 1. The number of ether oxygens (including phenoxy) is 1. The summed E-state index contributed by atoms with van der Waals surface area (Å²) in [6.45, 7) is 2.37. The highest BCUT2D eigenvalue weighted by atomic mass is 16.5. The van der Waals surface area contributed by atoms with Crippen LogP contribution in [0.3, 0.4) is 0 Å². The van der Waals surface area contributed by atoms with E-state index in [4.69, 9.17) is 4.74 Å². The van der Waals surface area contributed by atoms with Crippen molar-refractivity contribution in [3.05, 3.63) is 36.0 Å². The fourth-order valence-electron chi connectivity index (χ4n) is 2.76. The molecule has 0 radical (unpaired) electrons. The number of benzene rings is 1. The summed E-state index contributed by atoms with van der Waals surface area (Å²) in [5.41, 5.74) is 1.83. The van der Waals surface area contributed by atoms with E-state index in [1.54, 1.807) is 7.11 Å². The van der Waals surface area contributed by atoms with E-state index in [9.17, 15) is 4.79 Å². The molecule has 0 aliphatic carbocycles. The Morgan fingerprint density at radius 2 is 2.37 bits per heavy atom. The molecule has 1 aromatic carbocycles. The highest BCUT2D eigenvalue weighted by Crippen LogP contribution is 2.21. The van der Waals surface area contributed by atoms with E-state index in [1.807, 2.05) is 35.4 Å². The summed E-state index contributed by atoms with van der Waals surface area (Å²) in [6.07, 6.45) is 2.93. The van der Waals surface area contributed by atoms with Gasteiger partial charge in [0.15, 0.2) is 0 Å². The van der Waals surface area contributed by atoms with Gasteiger partial charge in [0.05, 0.1) is 6.61 Å². The molecule has 0 spiro atoms. The maximum atomic E-state index is 12.4. The second-order valence-electron chi connectivity index (χ2n) is 5.14. The predicted molar refractivity (Wildman–Crippen MR) is 74.2 cm³/mol. The second kappa shape index (κ2) is 5.05. The Labute approximate surface area is 112 Å². The number of aromatic nitrogens is 1. The van der Waals surface area contributed by atoms with Crippen LogP contribution in [0.5, 0.6) is 0 Å². The summed E-state index contributed by atoms with van der Waals surface area (Å²) < 4.78 is 5.16. The minimum Gasteiger partial charge on any atom is -0.384 e. The zero-order valence-electron chi connectivity index (χ0n) is 11.1. The molecule has 0 saturated carbocycles. The molecule has 100 valence electrons. The van der Waals surface area contributed by atoms with Gasteiger partial charge < -0.3 is 14.6 Å². The second-order valence-corrected chi connectivity index (χ2v) is 5.14. The number of hydrogen-bond acceptors (Lipinski definition) is 2. The number of carbonyl (C=O) groups excluding carboxylic acids is 1. The molecule has 2 aromatic rings. The lowest BCUT2D eigenvalue weighted by molar-refractivity contribution is 0.0775. The number of hydrogen-bond donors (Lipinski definition) is 1. The number of H-pyrrole nitrogens is 1. The molecule has 1 N–H and O–H groups in total. The van der Waals surface area contributed by atoms with E-state index in [0.29, 0.717) is 5.92 Å². The zero-order valence-corrected chi connectivity index (χ0v) is 11.1. The van der Waals surface area contributed by atoms with E-state index in [0.717, 1.165) is 42.6 Å². The predicted octanol–water partition coefficient (Wildman–Crippen LogP) is 2.28. The van der Waals surface area contributed by atoms with Gasteiger partial charge in [0.2, 0.25) is 0 Å². The third-order valence-corrected chi connectivity index (χ3v) is 3.78. The summed E-state index contributed by atoms with van der Waals surface area (Å²) in [5.74, 6) is 0.603. The van der Waals surface area contributed by atoms with Gasteiger partial charge in [-0.2, -0.15) is 0 Å². The van der Waals surface area contributed by atoms with E-state index in [1.165, 1.54) is 0 Å². The number of nitrogens with zero attached hydrogens (tertiary/aromatic N) is 1. The minimum atomic E-state index is 0.127. The number of rotatable bonds is 3. The fourth-order valence-corrected chi connectivity index (χ4v) is 2.76. The molecule has 0 bridgehead atoms. The molecule has 4 heteroatoms. The molecule has 2 heterocycles. The van der Waals surface area contributed by atoms with Gasteiger partial charge in [0.1, 0.15) is 0 Å². The standard InChI is InChI=1S/C15H18N2O2/c1-19-10-11-5-7-17(9-11)15(18)13-2-3-14-12(8-13)4-6-16-14/h2-4,6,8,11,16H,5,7,9-10H2,1H3. The van der Waals surface area contributed by atoms with Crippen LogP contribution in [0.4, 0.5) is 0 Å². The van der Waals surface area contributed by atoms with Crippen molar-refractivity contribution in [1.29, 1.82) is 0 Å². The number of methoxy groups -OCH3 is 1. The fraction of sp³-hybridized carbons (Fsp3) is 0.400. The Morgan fingerprint density at radius 3 is 3.21 bits per heavy atom. The summed E-state index contributed by atoms with van der Waals surface area (Å²) >= 11 is 0. The van der Waals surface area contributed by atoms with Gasteiger partial charge >= 0.3 is 0 Å². The number of fused-ring (bicyclic) bond motifs is 1. The molecule has 1 unspecified atom stereocenters. The first-order chi connectivity index (χ1) is 9.28. The van der Waals surface area contributed by atoms with Gasteiger partial charge in [0, 0.05) is 48.8 Å². The van der Waals surface area contributed by atoms with Crippen molar-refractivity contribution in [3.63, 3.8) is 0 Å². The van der Waals surface area contributed by atoms with Crippen molar-refractivity contribution in [3.8, 4) is 0 Å². The Balaban J connectivity index is 1.76. The average Bonchev–Trinajstić information content (AvgIpc) is 3.05. The van der Waals surface area contributed by atoms with Crippen LogP contribution in [0.15, 0.2) is 30.5 Å². The van der Waals surface area contributed by atoms with Crippen LogP contribution in [-0.2, 0) is 4.74 Å². The maximum absolute atomic E-state index is 12.4. The van der Waals surface area contributed by atoms with Crippen molar-refractivity contribution in [2.45, 2.75) is 6.42 Å². The molecular formula is C15H18N2O2. The quantitative estimate of drug-likeness (QED) is 0.918. The summed E-state index contributed by atoms with van der Waals surface area (Å²) in [7, 11) is 1.71. The maximum Gasteiger partial charge on any atom is 0.253 e. The normalized spacial score (nSPS) is 19.2. The van der Waals surface area contributed by atoms with Gasteiger partial charge in [-0.15, -0.1) is 0 Å². The van der Waals surface area contributed by atoms with Crippen molar-refractivity contribution in [2.24, 2.45) is 5.92 Å². The average molecular weight is 258 g/mol. The molecule has 1 saturated heterocycles. The topological polar surface area (TPSA) is 45.3 Å². The van der Waals surface area contributed by atoms with Crippen LogP contribution < -0.4 is 0 Å². The molecule has 1 atom stereocenters. The van der Waals surface area contributed by atoms with Crippen molar-refractivity contribution in [2.75, 3.05) is 26.8 Å². The Hall–Kier alpha value is -1.81. The molecule has 19 heavy (non-hydrogen) atoms.